The molecule has 0 N–H and O–H groups in total. The fourth-order valence-electron chi connectivity index (χ4n) is 3.28. The largest absolute Gasteiger partial charge is 0.489 e. The van der Waals surface area contributed by atoms with Gasteiger partial charge in [-0.3, -0.25) is 0 Å². The Kier molecular flexibility index (Phi) is 5.19. The van der Waals surface area contributed by atoms with Crippen LogP contribution in [0.4, 0.5) is 0 Å². The molecule has 0 aliphatic carbocycles. The third-order valence-electron chi connectivity index (χ3n) is 4.13. The van der Waals surface area contributed by atoms with E-state index in [2.05, 4.69) is 90.1 Å². The molecule has 0 saturated heterocycles. The van der Waals surface area contributed by atoms with Crippen LogP contribution in [-0.4, -0.2) is 0 Å². The molecule has 0 fully saturated rings. The Bertz CT molecular complexity index is 613. The molecule has 0 saturated carbocycles. The van der Waals surface area contributed by atoms with Gasteiger partial charge in [-0.1, -0.05) is 76.6 Å². The fraction of sp³-hybridized carbons (Fsp3) is 0.455. The van der Waals surface area contributed by atoms with Crippen LogP contribution in [-0.2, 0) is 12.0 Å². The summed E-state index contributed by atoms with van der Waals surface area (Å²) in [5, 5.41) is 0. The van der Waals surface area contributed by atoms with E-state index in [1.807, 2.05) is 0 Å². The predicted octanol–water partition coefficient (Wildman–Crippen LogP) is 6.29. The highest BCUT2D eigenvalue weighted by atomic mass is 16.5. The highest BCUT2D eigenvalue weighted by molar-refractivity contribution is 5.32. The number of aryl methyl sites for hydroxylation is 1. The normalized spacial score (nSPS) is 12.3. The Hall–Kier alpha value is -1.76. The first-order valence-corrected chi connectivity index (χ1v) is 8.45. The Balaban J connectivity index is 2.00. The van der Waals surface area contributed by atoms with Crippen molar-refractivity contribution >= 4 is 0 Å². The van der Waals surface area contributed by atoms with Gasteiger partial charge in [0.25, 0.3) is 0 Å². The van der Waals surface area contributed by atoms with Gasteiger partial charge in [0.2, 0.25) is 0 Å². The molecule has 23 heavy (non-hydrogen) atoms. The highest BCUT2D eigenvalue weighted by Crippen LogP contribution is 2.36. The third-order valence-corrected chi connectivity index (χ3v) is 4.13. The van der Waals surface area contributed by atoms with Crippen LogP contribution in [0.5, 0.6) is 5.75 Å². The van der Waals surface area contributed by atoms with Crippen LogP contribution in [0.2, 0.25) is 0 Å². The lowest BCUT2D eigenvalue weighted by molar-refractivity contribution is 0.283. The van der Waals surface area contributed by atoms with Crippen LogP contribution in [0, 0.1) is 12.3 Å². The van der Waals surface area contributed by atoms with Crippen LogP contribution in [0.25, 0.3) is 0 Å². The van der Waals surface area contributed by atoms with E-state index in [-0.39, 0.29) is 5.41 Å². The molecule has 1 nitrogen and oxygen atoms in total. The summed E-state index contributed by atoms with van der Waals surface area (Å²) in [4.78, 5) is 0. The first-order valence-electron chi connectivity index (χ1n) is 8.45. The minimum Gasteiger partial charge on any atom is -0.489 e. The second kappa shape index (κ2) is 6.78. The Labute approximate surface area is 141 Å². The molecule has 2 rings (SSSR count). The molecule has 124 valence electrons. The molecule has 2 aromatic carbocycles. The van der Waals surface area contributed by atoms with E-state index in [0.717, 1.165) is 12.2 Å². The number of hydrogen-bond acceptors (Lipinski definition) is 1. The standard InChI is InChI=1S/C22H30O/c1-17-7-9-18(10-8-17)15-23-20-13-11-19(12-14-20)22(5,6)16-21(2,3)4/h7-14H,15-16H2,1-6H3. The van der Waals surface area contributed by atoms with Crippen molar-refractivity contribution in [3.8, 4) is 5.75 Å². The summed E-state index contributed by atoms with van der Waals surface area (Å²) in [5.41, 5.74) is 4.35. The lowest BCUT2D eigenvalue weighted by Crippen LogP contribution is -2.24. The summed E-state index contributed by atoms with van der Waals surface area (Å²) in [7, 11) is 0. The van der Waals surface area contributed by atoms with Crippen LogP contribution >= 0.6 is 0 Å². The number of rotatable bonds is 5. The molecule has 0 bridgehead atoms. The van der Waals surface area contributed by atoms with Crippen molar-refractivity contribution in [2.24, 2.45) is 5.41 Å². The van der Waals surface area contributed by atoms with Crippen molar-refractivity contribution in [3.05, 3.63) is 65.2 Å². The van der Waals surface area contributed by atoms with E-state index in [0.29, 0.717) is 12.0 Å². The first-order chi connectivity index (χ1) is 10.7. The molecule has 0 unspecified atom stereocenters. The zero-order valence-electron chi connectivity index (χ0n) is 15.4. The smallest absolute Gasteiger partial charge is 0.119 e. The lowest BCUT2D eigenvalue weighted by atomic mass is 9.72. The van der Waals surface area contributed by atoms with Gasteiger partial charge >= 0.3 is 0 Å². The van der Waals surface area contributed by atoms with Crippen molar-refractivity contribution < 1.29 is 4.74 Å². The van der Waals surface area contributed by atoms with Gasteiger partial charge in [-0.15, -0.1) is 0 Å². The van der Waals surface area contributed by atoms with Crippen molar-refractivity contribution in [1.29, 1.82) is 0 Å². The maximum Gasteiger partial charge on any atom is 0.119 e. The van der Waals surface area contributed by atoms with E-state index in [1.54, 1.807) is 0 Å². The summed E-state index contributed by atoms with van der Waals surface area (Å²) in [6.07, 6.45) is 1.16. The minimum absolute atomic E-state index is 0.174. The summed E-state index contributed by atoms with van der Waals surface area (Å²) >= 11 is 0. The van der Waals surface area contributed by atoms with Crippen LogP contribution in [0.3, 0.4) is 0 Å². The van der Waals surface area contributed by atoms with E-state index in [9.17, 15) is 0 Å². The fourth-order valence-corrected chi connectivity index (χ4v) is 3.28. The third kappa shape index (κ3) is 5.42. The molecule has 0 aliphatic rings. The van der Waals surface area contributed by atoms with Crippen molar-refractivity contribution in [3.63, 3.8) is 0 Å². The highest BCUT2D eigenvalue weighted by Gasteiger charge is 2.27. The molecule has 0 heterocycles. The van der Waals surface area contributed by atoms with Crippen LogP contribution in [0.15, 0.2) is 48.5 Å². The minimum atomic E-state index is 0.174. The zero-order valence-corrected chi connectivity index (χ0v) is 15.4. The zero-order chi connectivity index (χ0) is 17.1. The Morgan fingerprint density at radius 1 is 0.783 bits per heavy atom. The average Bonchev–Trinajstić information content (AvgIpc) is 2.45. The quantitative estimate of drug-likeness (QED) is 0.630. The Morgan fingerprint density at radius 2 is 1.35 bits per heavy atom. The van der Waals surface area contributed by atoms with Crippen molar-refractivity contribution in [1.82, 2.24) is 0 Å². The van der Waals surface area contributed by atoms with Crippen LogP contribution in [0.1, 0.15) is 57.7 Å². The monoisotopic (exact) mass is 310 g/mol. The molecular weight excluding hydrogens is 280 g/mol. The van der Waals surface area contributed by atoms with Gasteiger partial charge in [0, 0.05) is 0 Å². The van der Waals surface area contributed by atoms with Crippen molar-refractivity contribution in [2.45, 2.75) is 60.0 Å². The van der Waals surface area contributed by atoms with Gasteiger partial charge in [0.1, 0.15) is 12.4 Å². The number of benzene rings is 2. The maximum atomic E-state index is 5.90. The molecule has 2 aromatic rings. The van der Waals surface area contributed by atoms with E-state index in [1.165, 1.54) is 16.7 Å². The number of ether oxygens (including phenoxy) is 1. The van der Waals surface area contributed by atoms with E-state index in [4.69, 9.17) is 4.74 Å². The van der Waals surface area contributed by atoms with Gasteiger partial charge in [0.05, 0.1) is 0 Å². The van der Waals surface area contributed by atoms with Gasteiger partial charge < -0.3 is 4.74 Å². The summed E-state index contributed by atoms with van der Waals surface area (Å²) in [6.45, 7) is 14.3. The van der Waals surface area contributed by atoms with Gasteiger partial charge in [-0.25, -0.2) is 0 Å². The lowest BCUT2D eigenvalue weighted by Gasteiger charge is -2.33. The van der Waals surface area contributed by atoms with E-state index < -0.39 is 0 Å². The van der Waals surface area contributed by atoms with Gasteiger partial charge in [0.15, 0.2) is 0 Å². The van der Waals surface area contributed by atoms with Gasteiger partial charge in [-0.05, 0) is 47.4 Å². The number of hydrogen-bond donors (Lipinski definition) is 0. The molecule has 0 aromatic heterocycles. The maximum absolute atomic E-state index is 5.90. The SMILES string of the molecule is Cc1ccc(COc2ccc(C(C)(C)CC(C)(C)C)cc2)cc1. The molecule has 0 aliphatic heterocycles. The summed E-state index contributed by atoms with van der Waals surface area (Å²) in [6, 6.07) is 17.1. The summed E-state index contributed by atoms with van der Waals surface area (Å²) in [5.74, 6) is 0.931. The van der Waals surface area contributed by atoms with Crippen molar-refractivity contribution in [2.75, 3.05) is 0 Å². The molecular formula is C22H30O. The van der Waals surface area contributed by atoms with E-state index >= 15 is 0 Å². The topological polar surface area (TPSA) is 9.23 Å². The molecule has 1 heteroatoms. The average molecular weight is 310 g/mol. The van der Waals surface area contributed by atoms with Gasteiger partial charge in [-0.2, -0.15) is 0 Å². The molecule has 0 atom stereocenters. The second-order valence-electron chi connectivity index (χ2n) is 8.42. The molecule has 0 radical (unpaired) electrons. The van der Waals surface area contributed by atoms with Crippen LogP contribution < -0.4 is 4.74 Å². The first kappa shape index (κ1) is 17.6. The Morgan fingerprint density at radius 3 is 1.87 bits per heavy atom. The second-order valence-corrected chi connectivity index (χ2v) is 8.42. The predicted molar refractivity (Wildman–Crippen MR) is 99.1 cm³/mol. The summed E-state index contributed by atoms with van der Waals surface area (Å²) < 4.78 is 5.90. The molecule has 0 amide bonds. The molecule has 0 spiro atoms.